The number of hydrogen-bond donors (Lipinski definition) is 1. The van der Waals surface area contributed by atoms with Crippen LogP contribution in [0.2, 0.25) is 10.0 Å². The van der Waals surface area contributed by atoms with Gasteiger partial charge in [0.15, 0.2) is 11.5 Å². The summed E-state index contributed by atoms with van der Waals surface area (Å²) in [5, 5.41) is 4.75. The second-order valence-electron chi connectivity index (χ2n) is 6.67. The normalized spacial score (nSPS) is 11.5. The predicted molar refractivity (Wildman–Crippen MR) is 113 cm³/mol. The summed E-state index contributed by atoms with van der Waals surface area (Å²) in [4.78, 5) is 0. The monoisotopic (exact) mass is 459 g/mol. The molecule has 2 aromatic rings. The Morgan fingerprint density at radius 3 is 2.50 bits per heavy atom. The van der Waals surface area contributed by atoms with Gasteiger partial charge in [-0.2, -0.15) is 0 Å². The fourth-order valence-corrected chi connectivity index (χ4v) is 3.22. The van der Waals surface area contributed by atoms with Gasteiger partial charge >= 0.3 is 0 Å². The lowest BCUT2D eigenvalue weighted by Crippen LogP contribution is -2.38. The highest BCUT2D eigenvalue weighted by molar-refractivity contribution is 9.10. The number of nitrogens with one attached hydrogen (secondary N) is 1. The summed E-state index contributed by atoms with van der Waals surface area (Å²) in [6.45, 7) is 7.49. The summed E-state index contributed by atoms with van der Waals surface area (Å²) >= 11 is 15.9. The van der Waals surface area contributed by atoms with Gasteiger partial charge in [0.25, 0.3) is 0 Å². The topological polar surface area (TPSA) is 30.5 Å². The van der Waals surface area contributed by atoms with Gasteiger partial charge in [-0.1, -0.05) is 52.1 Å². The van der Waals surface area contributed by atoms with Crippen LogP contribution in [0.25, 0.3) is 0 Å². The predicted octanol–water partition coefficient (Wildman–Crippen LogP) is 6.62. The molecule has 0 bridgehead atoms. The van der Waals surface area contributed by atoms with E-state index in [9.17, 15) is 0 Å². The van der Waals surface area contributed by atoms with E-state index in [0.717, 1.165) is 22.0 Å². The Morgan fingerprint density at radius 2 is 1.88 bits per heavy atom. The van der Waals surface area contributed by atoms with Gasteiger partial charge in [-0.05, 0) is 44.5 Å². The van der Waals surface area contributed by atoms with E-state index in [0.29, 0.717) is 34.7 Å². The van der Waals surface area contributed by atoms with Gasteiger partial charge in [-0.25, -0.2) is 0 Å². The molecular weight excluding hydrogens is 437 g/mol. The SMILES string of the molecule is CCC(C)(C)NCc1c(Br)ccc(OC)c1OCc1ccc(Cl)cc1Cl. The van der Waals surface area contributed by atoms with Crippen molar-refractivity contribution in [1.82, 2.24) is 5.32 Å². The van der Waals surface area contributed by atoms with Crippen LogP contribution in [0.1, 0.15) is 38.3 Å². The number of rotatable bonds is 8. The Balaban J connectivity index is 2.28. The van der Waals surface area contributed by atoms with E-state index in [1.165, 1.54) is 0 Å². The van der Waals surface area contributed by atoms with Crippen molar-refractivity contribution >= 4 is 39.1 Å². The van der Waals surface area contributed by atoms with Gasteiger partial charge in [0.1, 0.15) is 6.61 Å². The maximum Gasteiger partial charge on any atom is 0.167 e. The average Bonchev–Trinajstić information content (AvgIpc) is 2.60. The molecule has 0 saturated heterocycles. The van der Waals surface area contributed by atoms with Crippen LogP contribution in [0.5, 0.6) is 11.5 Å². The molecule has 0 spiro atoms. The average molecular weight is 461 g/mol. The van der Waals surface area contributed by atoms with Crippen molar-refractivity contribution in [2.24, 2.45) is 0 Å². The van der Waals surface area contributed by atoms with E-state index >= 15 is 0 Å². The van der Waals surface area contributed by atoms with Crippen molar-refractivity contribution in [3.05, 3.63) is 56.0 Å². The van der Waals surface area contributed by atoms with Crippen LogP contribution in [-0.2, 0) is 13.2 Å². The minimum absolute atomic E-state index is 0.0271. The molecule has 0 aliphatic heterocycles. The lowest BCUT2D eigenvalue weighted by atomic mass is 10.0. The maximum atomic E-state index is 6.26. The molecule has 0 aliphatic carbocycles. The molecule has 0 aromatic heterocycles. The first kappa shape index (κ1) is 21.4. The highest BCUT2D eigenvalue weighted by Gasteiger charge is 2.19. The van der Waals surface area contributed by atoms with Crippen LogP contribution in [-0.4, -0.2) is 12.6 Å². The molecule has 0 unspecified atom stereocenters. The number of ether oxygens (including phenoxy) is 2. The summed E-state index contributed by atoms with van der Waals surface area (Å²) in [7, 11) is 1.64. The van der Waals surface area contributed by atoms with Crippen molar-refractivity contribution in [1.29, 1.82) is 0 Å². The summed E-state index contributed by atoms with van der Waals surface area (Å²) in [5.74, 6) is 1.39. The molecule has 26 heavy (non-hydrogen) atoms. The minimum Gasteiger partial charge on any atom is -0.493 e. The van der Waals surface area contributed by atoms with Crippen LogP contribution in [0, 0.1) is 0 Å². The van der Waals surface area contributed by atoms with Crippen LogP contribution in [0.4, 0.5) is 0 Å². The van der Waals surface area contributed by atoms with E-state index in [1.54, 1.807) is 19.2 Å². The second kappa shape index (κ2) is 9.32. The molecule has 2 aromatic carbocycles. The van der Waals surface area contributed by atoms with Crippen molar-refractivity contribution in [3.63, 3.8) is 0 Å². The highest BCUT2D eigenvalue weighted by Crippen LogP contribution is 2.37. The lowest BCUT2D eigenvalue weighted by molar-refractivity contribution is 0.278. The second-order valence-corrected chi connectivity index (χ2v) is 8.37. The minimum atomic E-state index is 0.0271. The Morgan fingerprint density at radius 1 is 1.15 bits per heavy atom. The lowest BCUT2D eigenvalue weighted by Gasteiger charge is -2.26. The molecule has 1 N–H and O–H groups in total. The molecule has 3 nitrogen and oxygen atoms in total. The van der Waals surface area contributed by atoms with Gasteiger partial charge in [-0.15, -0.1) is 0 Å². The van der Waals surface area contributed by atoms with Crippen LogP contribution in [0.15, 0.2) is 34.8 Å². The van der Waals surface area contributed by atoms with Crippen LogP contribution < -0.4 is 14.8 Å². The van der Waals surface area contributed by atoms with Crippen molar-refractivity contribution in [2.45, 2.75) is 45.9 Å². The summed E-state index contributed by atoms with van der Waals surface area (Å²) < 4.78 is 12.6. The van der Waals surface area contributed by atoms with Gasteiger partial charge in [0.2, 0.25) is 0 Å². The molecule has 0 heterocycles. The van der Waals surface area contributed by atoms with E-state index < -0.39 is 0 Å². The zero-order chi connectivity index (χ0) is 19.3. The number of benzene rings is 2. The maximum absolute atomic E-state index is 6.26. The summed E-state index contributed by atoms with van der Waals surface area (Å²) in [6, 6.07) is 9.24. The zero-order valence-corrected chi connectivity index (χ0v) is 18.6. The fourth-order valence-electron chi connectivity index (χ4n) is 2.31. The number of hydrogen-bond acceptors (Lipinski definition) is 3. The third kappa shape index (κ3) is 5.53. The standard InChI is InChI=1S/C20H24BrCl2NO2/c1-5-20(2,3)24-11-15-16(21)8-9-18(25-4)19(15)26-12-13-6-7-14(22)10-17(13)23/h6-10,24H,5,11-12H2,1-4H3. The molecule has 0 amide bonds. The van der Waals surface area contributed by atoms with Crippen molar-refractivity contribution < 1.29 is 9.47 Å². The van der Waals surface area contributed by atoms with Gasteiger partial charge in [-0.3, -0.25) is 0 Å². The van der Waals surface area contributed by atoms with E-state index in [4.69, 9.17) is 32.7 Å². The molecule has 0 saturated carbocycles. The molecule has 0 atom stereocenters. The van der Waals surface area contributed by atoms with Crippen molar-refractivity contribution in [2.75, 3.05) is 7.11 Å². The first-order valence-electron chi connectivity index (χ1n) is 8.44. The third-order valence-corrected chi connectivity index (χ3v) is 5.73. The summed E-state index contributed by atoms with van der Waals surface area (Å²) in [5.41, 5.74) is 1.90. The Labute approximate surface area is 174 Å². The Bertz CT molecular complexity index is 766. The van der Waals surface area contributed by atoms with Crippen molar-refractivity contribution in [3.8, 4) is 11.5 Å². The molecular formula is C20H24BrCl2NO2. The smallest absolute Gasteiger partial charge is 0.167 e. The van der Waals surface area contributed by atoms with Gasteiger partial charge in [0.05, 0.1) is 7.11 Å². The molecule has 0 radical (unpaired) electrons. The van der Waals surface area contributed by atoms with Crippen LogP contribution in [0.3, 0.4) is 0 Å². The molecule has 142 valence electrons. The third-order valence-electron chi connectivity index (χ3n) is 4.40. The highest BCUT2D eigenvalue weighted by atomic mass is 79.9. The quantitative estimate of drug-likeness (QED) is 0.479. The first-order valence-corrected chi connectivity index (χ1v) is 9.99. The van der Waals surface area contributed by atoms with E-state index in [2.05, 4.69) is 42.0 Å². The Kier molecular flexibility index (Phi) is 7.65. The molecule has 0 fully saturated rings. The largest absolute Gasteiger partial charge is 0.493 e. The van der Waals surface area contributed by atoms with E-state index in [1.807, 2.05) is 18.2 Å². The molecule has 6 heteroatoms. The summed E-state index contributed by atoms with van der Waals surface area (Å²) in [6.07, 6.45) is 1.02. The van der Waals surface area contributed by atoms with Gasteiger partial charge in [0, 0.05) is 37.7 Å². The van der Waals surface area contributed by atoms with Crippen LogP contribution >= 0.6 is 39.1 Å². The van der Waals surface area contributed by atoms with E-state index in [-0.39, 0.29) is 5.54 Å². The number of halogens is 3. The van der Waals surface area contributed by atoms with Gasteiger partial charge < -0.3 is 14.8 Å². The first-order chi connectivity index (χ1) is 12.3. The molecule has 0 aliphatic rings. The Hall–Kier alpha value is -0.940. The molecule has 2 rings (SSSR count). The zero-order valence-electron chi connectivity index (χ0n) is 15.5. The number of methoxy groups -OCH3 is 1. The fraction of sp³-hybridized carbons (Fsp3) is 0.400.